The standard InChI is InChI=1S/C12H18N2O2S/c1-3-4-7-17-9-10-8-11(14(15)16)5-6-12(10)13-2/h5-6,8,13H,3-4,7,9H2,1-2H3. The van der Waals surface area contributed by atoms with E-state index in [0.29, 0.717) is 0 Å². The number of nitro groups is 1. The van der Waals surface area contributed by atoms with Crippen molar-refractivity contribution in [3.63, 3.8) is 0 Å². The predicted molar refractivity (Wildman–Crippen MR) is 73.7 cm³/mol. The van der Waals surface area contributed by atoms with Gasteiger partial charge in [-0.3, -0.25) is 10.1 Å². The summed E-state index contributed by atoms with van der Waals surface area (Å²) < 4.78 is 0. The Morgan fingerprint density at radius 1 is 1.47 bits per heavy atom. The Bertz CT molecular complexity index is 383. The number of thioether (sulfide) groups is 1. The van der Waals surface area contributed by atoms with E-state index < -0.39 is 0 Å². The van der Waals surface area contributed by atoms with Crippen LogP contribution < -0.4 is 5.32 Å². The van der Waals surface area contributed by atoms with E-state index in [1.54, 1.807) is 12.1 Å². The number of nitrogens with one attached hydrogen (secondary N) is 1. The quantitative estimate of drug-likeness (QED) is 0.458. The fraction of sp³-hybridized carbons (Fsp3) is 0.500. The molecule has 0 spiro atoms. The van der Waals surface area contributed by atoms with Crippen molar-refractivity contribution in [3.8, 4) is 0 Å². The Morgan fingerprint density at radius 2 is 2.24 bits per heavy atom. The molecule has 0 heterocycles. The van der Waals surface area contributed by atoms with E-state index in [1.165, 1.54) is 18.9 Å². The van der Waals surface area contributed by atoms with Gasteiger partial charge in [0, 0.05) is 30.6 Å². The first-order valence-corrected chi connectivity index (χ1v) is 6.87. The summed E-state index contributed by atoms with van der Waals surface area (Å²) in [6.07, 6.45) is 2.37. The number of benzene rings is 1. The van der Waals surface area contributed by atoms with Gasteiger partial charge in [0.1, 0.15) is 0 Å². The highest BCUT2D eigenvalue weighted by molar-refractivity contribution is 7.98. The molecule has 0 unspecified atom stereocenters. The van der Waals surface area contributed by atoms with E-state index in [0.717, 1.165) is 22.8 Å². The van der Waals surface area contributed by atoms with Gasteiger partial charge in [-0.05, 0) is 23.8 Å². The van der Waals surface area contributed by atoms with Crippen molar-refractivity contribution in [3.05, 3.63) is 33.9 Å². The van der Waals surface area contributed by atoms with E-state index in [2.05, 4.69) is 12.2 Å². The number of nitro benzene ring substituents is 1. The Hall–Kier alpha value is -1.23. The molecule has 0 radical (unpaired) electrons. The van der Waals surface area contributed by atoms with Gasteiger partial charge >= 0.3 is 0 Å². The molecule has 0 saturated carbocycles. The fourth-order valence-electron chi connectivity index (χ4n) is 1.49. The summed E-state index contributed by atoms with van der Waals surface area (Å²) in [4.78, 5) is 10.4. The maximum atomic E-state index is 10.7. The first-order valence-electron chi connectivity index (χ1n) is 5.71. The fourth-order valence-corrected chi connectivity index (χ4v) is 2.58. The number of rotatable bonds is 7. The van der Waals surface area contributed by atoms with Crippen LogP contribution in [-0.4, -0.2) is 17.7 Å². The lowest BCUT2D eigenvalue weighted by Crippen LogP contribution is -1.97. The number of non-ortho nitro benzene ring substituents is 1. The largest absolute Gasteiger partial charge is 0.388 e. The third-order valence-electron chi connectivity index (χ3n) is 2.47. The van der Waals surface area contributed by atoms with Gasteiger partial charge in [0.25, 0.3) is 5.69 Å². The van der Waals surface area contributed by atoms with Crippen LogP contribution in [0.4, 0.5) is 11.4 Å². The molecule has 1 aromatic carbocycles. The van der Waals surface area contributed by atoms with Gasteiger partial charge in [0.15, 0.2) is 0 Å². The highest BCUT2D eigenvalue weighted by Gasteiger charge is 2.09. The summed E-state index contributed by atoms with van der Waals surface area (Å²) in [5, 5.41) is 13.8. The molecule has 1 N–H and O–H groups in total. The van der Waals surface area contributed by atoms with Gasteiger partial charge in [-0.1, -0.05) is 13.3 Å². The van der Waals surface area contributed by atoms with Gasteiger partial charge < -0.3 is 5.32 Å². The van der Waals surface area contributed by atoms with Crippen LogP contribution in [0.3, 0.4) is 0 Å². The van der Waals surface area contributed by atoms with Gasteiger partial charge in [-0.15, -0.1) is 0 Å². The van der Waals surface area contributed by atoms with Crippen molar-refractivity contribution in [1.82, 2.24) is 0 Å². The minimum atomic E-state index is -0.348. The number of unbranched alkanes of at least 4 members (excludes halogenated alkanes) is 1. The lowest BCUT2D eigenvalue weighted by atomic mass is 10.2. The minimum Gasteiger partial charge on any atom is -0.388 e. The molecule has 0 fully saturated rings. The van der Waals surface area contributed by atoms with Crippen molar-refractivity contribution in [2.24, 2.45) is 0 Å². The Morgan fingerprint density at radius 3 is 2.82 bits per heavy atom. The zero-order valence-corrected chi connectivity index (χ0v) is 11.0. The smallest absolute Gasteiger partial charge is 0.269 e. The molecule has 1 rings (SSSR count). The summed E-state index contributed by atoms with van der Waals surface area (Å²) in [6, 6.07) is 4.96. The molecular formula is C12H18N2O2S. The molecule has 17 heavy (non-hydrogen) atoms. The topological polar surface area (TPSA) is 55.2 Å². The molecule has 0 aliphatic heterocycles. The lowest BCUT2D eigenvalue weighted by Gasteiger charge is -2.08. The van der Waals surface area contributed by atoms with Crippen LogP contribution in [0.15, 0.2) is 18.2 Å². The number of hydrogen-bond acceptors (Lipinski definition) is 4. The number of anilines is 1. The van der Waals surface area contributed by atoms with Gasteiger partial charge in [0.2, 0.25) is 0 Å². The summed E-state index contributed by atoms with van der Waals surface area (Å²) in [5.74, 6) is 1.92. The van der Waals surface area contributed by atoms with Crippen molar-refractivity contribution in [1.29, 1.82) is 0 Å². The maximum Gasteiger partial charge on any atom is 0.269 e. The van der Waals surface area contributed by atoms with Crippen LogP contribution >= 0.6 is 11.8 Å². The second-order valence-corrected chi connectivity index (χ2v) is 4.86. The normalized spacial score (nSPS) is 10.2. The molecular weight excluding hydrogens is 236 g/mol. The van der Waals surface area contributed by atoms with Crippen LogP contribution in [-0.2, 0) is 5.75 Å². The van der Waals surface area contributed by atoms with Crippen LogP contribution in [0.2, 0.25) is 0 Å². The van der Waals surface area contributed by atoms with E-state index in [1.807, 2.05) is 18.8 Å². The van der Waals surface area contributed by atoms with Crippen LogP contribution in [0.25, 0.3) is 0 Å². The maximum absolute atomic E-state index is 10.7. The second kappa shape index (κ2) is 7.17. The molecule has 5 heteroatoms. The molecule has 0 saturated heterocycles. The highest BCUT2D eigenvalue weighted by Crippen LogP contribution is 2.26. The Kier molecular flexibility index (Phi) is 5.83. The average molecular weight is 254 g/mol. The molecule has 4 nitrogen and oxygen atoms in total. The zero-order chi connectivity index (χ0) is 12.7. The van der Waals surface area contributed by atoms with Crippen molar-refractivity contribution < 1.29 is 4.92 Å². The molecule has 0 atom stereocenters. The molecule has 0 aliphatic carbocycles. The summed E-state index contributed by atoms with van der Waals surface area (Å²) in [6.45, 7) is 2.16. The van der Waals surface area contributed by atoms with E-state index >= 15 is 0 Å². The van der Waals surface area contributed by atoms with E-state index in [9.17, 15) is 10.1 Å². The first-order chi connectivity index (χ1) is 8.19. The minimum absolute atomic E-state index is 0.162. The second-order valence-electron chi connectivity index (χ2n) is 3.75. The SMILES string of the molecule is CCCCSCc1cc([N+](=O)[O-])ccc1NC. The molecule has 0 aliphatic rings. The van der Waals surface area contributed by atoms with Crippen LogP contribution in [0.5, 0.6) is 0 Å². The van der Waals surface area contributed by atoms with Gasteiger partial charge in [-0.2, -0.15) is 11.8 Å². The molecule has 0 amide bonds. The molecule has 0 bridgehead atoms. The summed E-state index contributed by atoms with van der Waals surface area (Å²) in [5.41, 5.74) is 2.14. The summed E-state index contributed by atoms with van der Waals surface area (Å²) >= 11 is 1.82. The Balaban J connectivity index is 2.72. The average Bonchev–Trinajstić information content (AvgIpc) is 2.34. The van der Waals surface area contributed by atoms with Crippen molar-refractivity contribution >= 4 is 23.1 Å². The highest BCUT2D eigenvalue weighted by atomic mass is 32.2. The molecule has 94 valence electrons. The lowest BCUT2D eigenvalue weighted by molar-refractivity contribution is -0.384. The first kappa shape index (κ1) is 13.8. The third-order valence-corrected chi connectivity index (χ3v) is 3.56. The zero-order valence-electron chi connectivity index (χ0n) is 10.2. The van der Waals surface area contributed by atoms with Gasteiger partial charge in [0.05, 0.1) is 4.92 Å². The number of nitrogens with zero attached hydrogens (tertiary/aromatic N) is 1. The molecule has 1 aromatic rings. The summed E-state index contributed by atoms with van der Waals surface area (Å²) in [7, 11) is 1.83. The van der Waals surface area contributed by atoms with E-state index in [-0.39, 0.29) is 10.6 Å². The molecule has 0 aromatic heterocycles. The van der Waals surface area contributed by atoms with Crippen molar-refractivity contribution in [2.45, 2.75) is 25.5 Å². The van der Waals surface area contributed by atoms with E-state index in [4.69, 9.17) is 0 Å². The Labute approximate surface area is 106 Å². The third kappa shape index (κ3) is 4.26. The predicted octanol–water partition coefficient (Wildman–Crippen LogP) is 3.67. The van der Waals surface area contributed by atoms with Gasteiger partial charge in [-0.25, -0.2) is 0 Å². The van der Waals surface area contributed by atoms with Crippen molar-refractivity contribution in [2.75, 3.05) is 18.1 Å². The van der Waals surface area contributed by atoms with Crippen LogP contribution in [0.1, 0.15) is 25.3 Å². The monoisotopic (exact) mass is 254 g/mol. The number of hydrogen-bond donors (Lipinski definition) is 1. The van der Waals surface area contributed by atoms with Crippen LogP contribution in [0, 0.1) is 10.1 Å².